The Hall–Kier alpha value is -2.37. The van der Waals surface area contributed by atoms with Gasteiger partial charge in [0.25, 0.3) is 5.56 Å². The average molecular weight is 264 g/mol. The zero-order valence-electron chi connectivity index (χ0n) is 10.5. The Morgan fingerprint density at radius 1 is 1.47 bits per heavy atom. The molecule has 0 amide bonds. The molecule has 0 spiro atoms. The number of halogens is 1. The highest BCUT2D eigenvalue weighted by Crippen LogP contribution is 2.22. The number of nitrogens with zero attached hydrogens (tertiary/aromatic N) is 1. The van der Waals surface area contributed by atoms with Crippen LogP contribution in [0.2, 0.25) is 0 Å². The number of aromatic nitrogens is 2. The molecule has 0 aliphatic carbocycles. The molecule has 0 radical (unpaired) electrons. The van der Waals surface area contributed by atoms with Crippen molar-refractivity contribution in [3.05, 3.63) is 45.5 Å². The smallest absolute Gasteiger partial charge is 0.308 e. The zero-order chi connectivity index (χ0) is 14.2. The van der Waals surface area contributed by atoms with E-state index in [0.29, 0.717) is 16.8 Å². The molecule has 0 atom stereocenters. The Kier molecular flexibility index (Phi) is 3.25. The van der Waals surface area contributed by atoms with E-state index in [2.05, 4.69) is 5.10 Å². The molecule has 2 rings (SSSR count). The number of hydrogen-bond donors (Lipinski definition) is 2. The predicted molar refractivity (Wildman–Crippen MR) is 67.5 cm³/mol. The minimum Gasteiger partial charge on any atom is -0.481 e. The van der Waals surface area contributed by atoms with Crippen molar-refractivity contribution in [2.75, 3.05) is 0 Å². The Morgan fingerprint density at radius 2 is 2.16 bits per heavy atom. The maximum atomic E-state index is 13.2. The van der Waals surface area contributed by atoms with Gasteiger partial charge in [0.05, 0.1) is 17.7 Å². The number of carbonyl (C=O) groups is 1. The number of aromatic amines is 1. The van der Waals surface area contributed by atoms with Crippen molar-refractivity contribution in [3.63, 3.8) is 0 Å². The molecular formula is C13H13FN2O3. The minimum absolute atomic E-state index is 0.168. The zero-order valence-corrected chi connectivity index (χ0v) is 10.5. The summed E-state index contributed by atoms with van der Waals surface area (Å²) in [4.78, 5) is 22.7. The highest BCUT2D eigenvalue weighted by atomic mass is 19.1. The summed E-state index contributed by atoms with van der Waals surface area (Å²) in [7, 11) is 1.51. The molecule has 0 aliphatic rings. The molecule has 2 N–H and O–H groups in total. The first-order chi connectivity index (χ1) is 8.90. The van der Waals surface area contributed by atoms with Crippen molar-refractivity contribution in [3.8, 4) is 11.3 Å². The second-order valence-electron chi connectivity index (χ2n) is 4.36. The Morgan fingerprint density at radius 3 is 2.74 bits per heavy atom. The van der Waals surface area contributed by atoms with Crippen LogP contribution in [0.25, 0.3) is 11.3 Å². The summed E-state index contributed by atoms with van der Waals surface area (Å²) in [6.07, 6.45) is -0.373. The summed E-state index contributed by atoms with van der Waals surface area (Å²) >= 11 is 0. The molecule has 0 bridgehead atoms. The van der Waals surface area contributed by atoms with Gasteiger partial charge in [-0.25, -0.2) is 4.39 Å². The second-order valence-corrected chi connectivity index (χ2v) is 4.36. The molecule has 2 aromatic rings. The third-order valence-electron chi connectivity index (χ3n) is 2.92. The molecule has 0 saturated heterocycles. The molecular weight excluding hydrogens is 251 g/mol. The van der Waals surface area contributed by atoms with E-state index in [1.54, 1.807) is 13.0 Å². The molecule has 0 unspecified atom stereocenters. The van der Waals surface area contributed by atoms with E-state index in [9.17, 15) is 14.0 Å². The number of nitrogens with one attached hydrogen (secondary N) is 1. The van der Waals surface area contributed by atoms with Crippen molar-refractivity contribution >= 4 is 5.97 Å². The number of hydrogen-bond acceptors (Lipinski definition) is 2. The van der Waals surface area contributed by atoms with E-state index in [0.717, 1.165) is 0 Å². The fraction of sp³-hybridized carbons (Fsp3) is 0.231. The third-order valence-corrected chi connectivity index (χ3v) is 2.92. The minimum atomic E-state index is -1.09. The number of H-pyrrole nitrogens is 1. The van der Waals surface area contributed by atoms with Crippen molar-refractivity contribution < 1.29 is 14.3 Å². The highest BCUT2D eigenvalue weighted by Gasteiger charge is 2.17. The first kappa shape index (κ1) is 13.1. The van der Waals surface area contributed by atoms with Crippen LogP contribution in [-0.4, -0.2) is 20.9 Å². The quantitative estimate of drug-likeness (QED) is 0.881. The normalized spacial score (nSPS) is 10.7. The largest absolute Gasteiger partial charge is 0.481 e. The molecule has 1 heterocycles. The summed E-state index contributed by atoms with van der Waals surface area (Å²) in [6.45, 7) is 1.61. The van der Waals surface area contributed by atoms with E-state index >= 15 is 0 Å². The van der Waals surface area contributed by atoms with Crippen LogP contribution in [0.3, 0.4) is 0 Å². The molecule has 0 saturated carbocycles. The first-order valence-electron chi connectivity index (χ1n) is 5.66. The van der Waals surface area contributed by atoms with Gasteiger partial charge in [-0.3, -0.25) is 19.4 Å². The van der Waals surface area contributed by atoms with E-state index in [-0.39, 0.29) is 23.4 Å². The predicted octanol–water partition coefficient (Wildman–Crippen LogP) is 1.46. The number of aryl methyl sites for hydroxylation is 2. The molecule has 100 valence electrons. The van der Waals surface area contributed by atoms with Gasteiger partial charge in [0.1, 0.15) is 5.82 Å². The Balaban J connectivity index is 2.61. The fourth-order valence-electron chi connectivity index (χ4n) is 1.95. The summed E-state index contributed by atoms with van der Waals surface area (Å²) in [5.74, 6) is -1.43. The van der Waals surface area contributed by atoms with Gasteiger partial charge in [-0.2, -0.15) is 0 Å². The average Bonchev–Trinajstić information content (AvgIpc) is 2.60. The molecule has 0 aliphatic heterocycles. The van der Waals surface area contributed by atoms with Crippen molar-refractivity contribution in [1.29, 1.82) is 0 Å². The van der Waals surface area contributed by atoms with Crippen LogP contribution in [0.4, 0.5) is 4.39 Å². The van der Waals surface area contributed by atoms with Gasteiger partial charge in [0.2, 0.25) is 0 Å². The lowest BCUT2D eigenvalue weighted by Gasteiger charge is -2.03. The molecule has 6 heteroatoms. The highest BCUT2D eigenvalue weighted by molar-refractivity contribution is 5.75. The van der Waals surface area contributed by atoms with Crippen LogP contribution in [0.15, 0.2) is 23.0 Å². The number of aliphatic carboxylic acids is 1. The monoisotopic (exact) mass is 264 g/mol. The lowest BCUT2D eigenvalue weighted by Crippen LogP contribution is -2.17. The van der Waals surface area contributed by atoms with Gasteiger partial charge in [0, 0.05) is 12.6 Å². The molecule has 1 aromatic heterocycles. The van der Waals surface area contributed by atoms with E-state index in [4.69, 9.17) is 5.11 Å². The maximum Gasteiger partial charge on any atom is 0.308 e. The lowest BCUT2D eigenvalue weighted by atomic mass is 10.0. The van der Waals surface area contributed by atoms with Gasteiger partial charge in [-0.1, -0.05) is 0 Å². The van der Waals surface area contributed by atoms with Gasteiger partial charge in [-0.15, -0.1) is 0 Å². The van der Waals surface area contributed by atoms with Gasteiger partial charge < -0.3 is 5.11 Å². The van der Waals surface area contributed by atoms with E-state index in [1.165, 1.54) is 23.9 Å². The summed E-state index contributed by atoms with van der Waals surface area (Å²) in [5.41, 5.74) is 1.22. The van der Waals surface area contributed by atoms with Gasteiger partial charge in [-0.05, 0) is 30.7 Å². The molecule has 5 nitrogen and oxygen atoms in total. The number of carboxylic acids is 1. The van der Waals surface area contributed by atoms with E-state index < -0.39 is 5.97 Å². The van der Waals surface area contributed by atoms with Gasteiger partial charge >= 0.3 is 5.97 Å². The number of carboxylic acid groups (broad SMARTS) is 1. The molecule has 0 fully saturated rings. The van der Waals surface area contributed by atoms with Crippen molar-refractivity contribution in [2.24, 2.45) is 7.05 Å². The van der Waals surface area contributed by atoms with Crippen molar-refractivity contribution in [1.82, 2.24) is 9.78 Å². The third kappa shape index (κ3) is 2.42. The molecule has 19 heavy (non-hydrogen) atoms. The van der Waals surface area contributed by atoms with E-state index in [1.807, 2.05) is 0 Å². The molecule has 1 aromatic carbocycles. The van der Waals surface area contributed by atoms with Crippen LogP contribution in [0.1, 0.15) is 11.1 Å². The fourth-order valence-corrected chi connectivity index (χ4v) is 1.95. The van der Waals surface area contributed by atoms with Gasteiger partial charge in [0.15, 0.2) is 0 Å². The standard InChI is InChI=1S/C13H13FN2O3/c1-7-5-8(3-4-10(7)14)12-9(6-11(17)18)13(19)16(2)15-12/h3-5,15H,6H2,1-2H3,(H,17,18). The van der Waals surface area contributed by atoms with Crippen LogP contribution >= 0.6 is 0 Å². The number of benzene rings is 1. The lowest BCUT2D eigenvalue weighted by molar-refractivity contribution is -0.136. The topological polar surface area (TPSA) is 75.1 Å². The first-order valence-corrected chi connectivity index (χ1v) is 5.66. The van der Waals surface area contributed by atoms with Crippen molar-refractivity contribution in [2.45, 2.75) is 13.3 Å². The Bertz CT molecular complexity index is 700. The summed E-state index contributed by atoms with van der Waals surface area (Å²) < 4.78 is 14.5. The SMILES string of the molecule is Cc1cc(-c2[nH]n(C)c(=O)c2CC(=O)O)ccc1F. The summed E-state index contributed by atoms with van der Waals surface area (Å²) in [6, 6.07) is 4.38. The van der Waals surface area contributed by atoms with Crippen LogP contribution in [-0.2, 0) is 18.3 Å². The maximum absolute atomic E-state index is 13.2. The van der Waals surface area contributed by atoms with Crippen LogP contribution < -0.4 is 5.56 Å². The Labute approximate surface area is 108 Å². The second kappa shape index (κ2) is 4.72. The number of rotatable bonds is 3. The van der Waals surface area contributed by atoms with Crippen LogP contribution in [0.5, 0.6) is 0 Å². The van der Waals surface area contributed by atoms with Crippen LogP contribution in [0, 0.1) is 12.7 Å². The summed E-state index contributed by atoms with van der Waals surface area (Å²) in [5, 5.41) is 11.6.